The van der Waals surface area contributed by atoms with Crippen LogP contribution < -0.4 is 0 Å². The van der Waals surface area contributed by atoms with Crippen molar-refractivity contribution in [1.29, 1.82) is 0 Å². The van der Waals surface area contributed by atoms with Crippen LogP contribution in [-0.4, -0.2) is 38.8 Å². The molecule has 1 saturated heterocycles. The van der Waals surface area contributed by atoms with E-state index < -0.39 is 10.0 Å². The average Bonchev–Trinajstić information content (AvgIpc) is 2.99. The molecule has 2 aromatic heterocycles. The highest BCUT2D eigenvalue weighted by molar-refractivity contribution is 7.89. The number of halogens is 1. The van der Waals surface area contributed by atoms with E-state index in [2.05, 4.69) is 10.2 Å². The van der Waals surface area contributed by atoms with E-state index in [1.807, 2.05) is 6.92 Å². The van der Waals surface area contributed by atoms with Crippen molar-refractivity contribution < 1.29 is 8.42 Å². The van der Waals surface area contributed by atoms with E-state index in [1.54, 1.807) is 33.8 Å². The molecular formula is C16H24ClN5O2S. The van der Waals surface area contributed by atoms with E-state index in [-0.39, 0.29) is 10.9 Å². The molecule has 3 rings (SSSR count). The summed E-state index contributed by atoms with van der Waals surface area (Å²) in [7, 11) is -1.88. The summed E-state index contributed by atoms with van der Waals surface area (Å²) in [5.74, 6) is 0. The monoisotopic (exact) mass is 385 g/mol. The normalized spacial score (nSPS) is 19.9. The van der Waals surface area contributed by atoms with Crippen molar-refractivity contribution in [2.75, 3.05) is 6.54 Å². The molecule has 2 aromatic rings. The third-order valence-electron chi connectivity index (χ3n) is 4.77. The van der Waals surface area contributed by atoms with Gasteiger partial charge in [-0.15, -0.1) is 0 Å². The first-order valence-corrected chi connectivity index (χ1v) is 10.4. The molecule has 0 saturated carbocycles. The van der Waals surface area contributed by atoms with E-state index >= 15 is 0 Å². The Kier molecular flexibility index (Phi) is 5.22. The highest BCUT2D eigenvalue weighted by atomic mass is 35.5. The molecule has 138 valence electrons. The van der Waals surface area contributed by atoms with Crippen LogP contribution in [0.5, 0.6) is 0 Å². The van der Waals surface area contributed by atoms with Crippen LogP contribution in [0.1, 0.15) is 50.0 Å². The van der Waals surface area contributed by atoms with Gasteiger partial charge in [0.2, 0.25) is 10.0 Å². The van der Waals surface area contributed by atoms with Gasteiger partial charge in [0.25, 0.3) is 0 Å². The lowest BCUT2D eigenvalue weighted by Gasteiger charge is -2.28. The molecule has 7 nitrogen and oxygen atoms in total. The average molecular weight is 386 g/mol. The maximum Gasteiger partial charge on any atom is 0.247 e. The first-order chi connectivity index (χ1) is 11.9. The van der Waals surface area contributed by atoms with Gasteiger partial charge in [-0.3, -0.25) is 9.36 Å². The number of hydrogen-bond donors (Lipinski definition) is 0. The minimum atomic E-state index is -3.67. The van der Waals surface area contributed by atoms with Crippen LogP contribution in [0.4, 0.5) is 0 Å². The molecule has 0 bridgehead atoms. The Morgan fingerprint density at radius 2 is 2.08 bits per heavy atom. The Bertz CT molecular complexity index is 858. The van der Waals surface area contributed by atoms with Gasteiger partial charge < -0.3 is 0 Å². The van der Waals surface area contributed by atoms with Gasteiger partial charge in [-0.2, -0.15) is 14.5 Å². The Balaban J connectivity index is 2.06. The summed E-state index contributed by atoms with van der Waals surface area (Å²) in [6, 6.07) is -0.342. The molecule has 0 N–H and O–H groups in total. The van der Waals surface area contributed by atoms with Crippen LogP contribution in [-0.2, 0) is 23.6 Å². The van der Waals surface area contributed by atoms with Crippen LogP contribution in [0, 0.1) is 6.92 Å². The molecule has 0 aromatic carbocycles. The van der Waals surface area contributed by atoms with Gasteiger partial charge in [-0.25, -0.2) is 8.42 Å². The number of aromatic nitrogens is 4. The fraction of sp³-hybridized carbons (Fsp3) is 0.625. The number of aryl methyl sites for hydroxylation is 2. The summed E-state index contributed by atoms with van der Waals surface area (Å²) in [6.07, 6.45) is 6.68. The SMILES string of the molecule is CCn1ncc(S(=O)(=O)N2CCCCCC2c2nn(C)cc2Cl)c1C. The van der Waals surface area contributed by atoms with Crippen molar-refractivity contribution in [2.24, 2.45) is 7.05 Å². The summed E-state index contributed by atoms with van der Waals surface area (Å²) < 4.78 is 31.7. The van der Waals surface area contributed by atoms with Crippen molar-refractivity contribution >= 4 is 21.6 Å². The van der Waals surface area contributed by atoms with Gasteiger partial charge in [-0.1, -0.05) is 24.4 Å². The molecule has 9 heteroatoms. The first-order valence-electron chi connectivity index (χ1n) is 8.59. The third-order valence-corrected chi connectivity index (χ3v) is 7.08. The molecule has 1 unspecified atom stereocenters. The Morgan fingerprint density at radius 1 is 1.32 bits per heavy atom. The summed E-state index contributed by atoms with van der Waals surface area (Å²) in [4.78, 5) is 0.272. The van der Waals surface area contributed by atoms with Gasteiger partial charge in [0.15, 0.2) is 0 Å². The zero-order chi connectivity index (χ0) is 18.2. The second-order valence-electron chi connectivity index (χ2n) is 6.43. The molecule has 1 aliphatic rings. The molecular weight excluding hydrogens is 362 g/mol. The molecule has 0 spiro atoms. The quantitative estimate of drug-likeness (QED) is 0.811. The van der Waals surface area contributed by atoms with E-state index in [0.717, 1.165) is 25.7 Å². The fourth-order valence-corrected chi connectivity index (χ4v) is 5.60. The van der Waals surface area contributed by atoms with Gasteiger partial charge >= 0.3 is 0 Å². The van der Waals surface area contributed by atoms with Crippen molar-refractivity contribution in [1.82, 2.24) is 23.9 Å². The highest BCUT2D eigenvalue weighted by Crippen LogP contribution is 2.37. The molecule has 0 aliphatic carbocycles. The molecule has 1 aliphatic heterocycles. The van der Waals surface area contributed by atoms with E-state index in [9.17, 15) is 8.42 Å². The predicted octanol–water partition coefficient (Wildman–Crippen LogP) is 2.90. The smallest absolute Gasteiger partial charge is 0.247 e. The molecule has 0 radical (unpaired) electrons. The summed E-state index contributed by atoms with van der Waals surface area (Å²) >= 11 is 6.33. The number of hydrogen-bond acceptors (Lipinski definition) is 4. The van der Waals surface area contributed by atoms with Crippen LogP contribution in [0.2, 0.25) is 5.02 Å². The van der Waals surface area contributed by atoms with E-state index in [1.165, 1.54) is 6.20 Å². The van der Waals surface area contributed by atoms with Crippen molar-refractivity contribution in [3.05, 3.63) is 28.8 Å². The van der Waals surface area contributed by atoms with E-state index in [4.69, 9.17) is 11.6 Å². The first kappa shape index (κ1) is 18.4. The predicted molar refractivity (Wildman–Crippen MR) is 96.0 cm³/mol. The number of rotatable bonds is 4. The lowest BCUT2D eigenvalue weighted by molar-refractivity contribution is 0.321. The Labute approximate surface area is 153 Å². The number of sulfonamides is 1. The van der Waals surface area contributed by atoms with Crippen LogP contribution >= 0.6 is 11.6 Å². The van der Waals surface area contributed by atoms with Crippen molar-refractivity contribution in [2.45, 2.75) is 57.0 Å². The lowest BCUT2D eigenvalue weighted by Crippen LogP contribution is -2.35. The second-order valence-corrected chi connectivity index (χ2v) is 8.69. The topological polar surface area (TPSA) is 73.0 Å². The van der Waals surface area contributed by atoms with Gasteiger partial charge in [0.05, 0.1) is 28.6 Å². The lowest BCUT2D eigenvalue weighted by atomic mass is 10.1. The van der Waals surface area contributed by atoms with Crippen LogP contribution in [0.25, 0.3) is 0 Å². The molecule has 25 heavy (non-hydrogen) atoms. The van der Waals surface area contributed by atoms with Crippen molar-refractivity contribution in [3.63, 3.8) is 0 Å². The summed E-state index contributed by atoms with van der Waals surface area (Å²) in [5.41, 5.74) is 1.30. The van der Waals surface area contributed by atoms with Gasteiger partial charge in [-0.05, 0) is 26.7 Å². The maximum absolute atomic E-state index is 13.4. The highest BCUT2D eigenvalue weighted by Gasteiger charge is 2.37. The zero-order valence-corrected chi connectivity index (χ0v) is 16.4. The zero-order valence-electron chi connectivity index (χ0n) is 14.8. The molecule has 1 fully saturated rings. The van der Waals surface area contributed by atoms with Crippen LogP contribution in [0.3, 0.4) is 0 Å². The standard InChI is InChI=1S/C16H24ClN5O2S/c1-4-21-12(2)15(10-18-21)25(23,24)22-9-7-5-6-8-14(22)16-13(17)11-20(3)19-16/h10-11,14H,4-9H2,1-3H3. The van der Waals surface area contributed by atoms with Crippen LogP contribution in [0.15, 0.2) is 17.3 Å². The Hall–Kier alpha value is -1.38. The second kappa shape index (κ2) is 7.09. The van der Waals surface area contributed by atoms with Gasteiger partial charge in [0.1, 0.15) is 4.90 Å². The molecule has 1 atom stereocenters. The summed E-state index contributed by atoms with van der Waals surface area (Å²) in [5, 5.41) is 9.15. The molecule has 3 heterocycles. The minimum Gasteiger partial charge on any atom is -0.274 e. The van der Waals surface area contributed by atoms with Gasteiger partial charge in [0, 0.05) is 26.3 Å². The van der Waals surface area contributed by atoms with Crippen molar-refractivity contribution in [3.8, 4) is 0 Å². The fourth-order valence-electron chi connectivity index (χ4n) is 3.47. The largest absolute Gasteiger partial charge is 0.274 e. The minimum absolute atomic E-state index is 0.272. The maximum atomic E-state index is 13.4. The van der Waals surface area contributed by atoms with E-state index in [0.29, 0.717) is 29.5 Å². The molecule has 0 amide bonds. The Morgan fingerprint density at radius 3 is 2.68 bits per heavy atom. The third kappa shape index (κ3) is 3.35. The summed E-state index contributed by atoms with van der Waals surface area (Å²) in [6.45, 7) is 4.84. The number of nitrogens with zero attached hydrogens (tertiary/aromatic N) is 5.